The van der Waals surface area contributed by atoms with Crippen LogP contribution in [0.4, 0.5) is 24.5 Å². The van der Waals surface area contributed by atoms with Crippen LogP contribution >= 0.6 is 0 Å². The molecule has 8 heteroatoms. The molecule has 2 aromatic rings. The number of nitrogens with one attached hydrogen (secondary N) is 1. The van der Waals surface area contributed by atoms with E-state index < -0.39 is 11.7 Å². The van der Waals surface area contributed by atoms with Crippen molar-refractivity contribution in [3.63, 3.8) is 0 Å². The molecule has 4 rings (SSSR count). The molecule has 1 saturated heterocycles. The largest absolute Gasteiger partial charge is 0.416 e. The van der Waals surface area contributed by atoms with Gasteiger partial charge in [0.25, 0.3) is 0 Å². The number of hydrogen-bond acceptors (Lipinski definition) is 4. The fraction of sp³-hybridized carbons (Fsp3) is 0.552. The van der Waals surface area contributed by atoms with Gasteiger partial charge in [-0.3, -0.25) is 4.79 Å². The van der Waals surface area contributed by atoms with Crippen LogP contribution in [-0.2, 0) is 15.7 Å². The molecule has 1 amide bonds. The van der Waals surface area contributed by atoms with Crippen molar-refractivity contribution in [3.05, 3.63) is 59.2 Å². The Labute approximate surface area is 218 Å². The average molecular weight is 518 g/mol. The maximum absolute atomic E-state index is 13.2. The number of amides is 1. The number of carbonyl (C=O) groups excluding carboxylic acids is 1. The Balaban J connectivity index is 1.23. The van der Waals surface area contributed by atoms with Crippen molar-refractivity contribution in [1.29, 1.82) is 0 Å². The van der Waals surface area contributed by atoms with E-state index in [1.807, 2.05) is 4.90 Å². The standard InChI is InChI=1S/C29H38F3N3O2/c1-19-5-11-25(12-6-19)34-16-22(4)35(17-21(34)3)28(36)18-37-26-13-9-23(10-14-26)33-24-8-7-20(2)27(15-24)29(30,31)32/h5-8,11-12,15,21-23,26,33H,9-10,13-14,16-18H2,1-4H3. The van der Waals surface area contributed by atoms with Gasteiger partial charge in [-0.2, -0.15) is 13.2 Å². The van der Waals surface area contributed by atoms with E-state index in [1.165, 1.54) is 30.3 Å². The van der Waals surface area contributed by atoms with Gasteiger partial charge in [-0.25, -0.2) is 0 Å². The lowest BCUT2D eigenvalue weighted by Gasteiger charge is -2.45. The summed E-state index contributed by atoms with van der Waals surface area (Å²) in [5, 5.41) is 3.25. The van der Waals surface area contributed by atoms with Crippen molar-refractivity contribution in [2.24, 2.45) is 0 Å². The van der Waals surface area contributed by atoms with Gasteiger partial charge in [0, 0.05) is 42.6 Å². The number of ether oxygens (including phenoxy) is 1. The molecule has 5 nitrogen and oxygen atoms in total. The van der Waals surface area contributed by atoms with E-state index in [2.05, 4.69) is 55.3 Å². The minimum atomic E-state index is -4.36. The molecule has 1 aliphatic heterocycles. The monoisotopic (exact) mass is 517 g/mol. The van der Waals surface area contributed by atoms with Crippen LogP contribution in [0.25, 0.3) is 0 Å². The molecule has 2 aliphatic rings. The third-order valence-corrected chi connectivity index (χ3v) is 7.70. The zero-order chi connectivity index (χ0) is 26.7. The molecule has 202 valence electrons. The molecule has 0 aromatic heterocycles. The lowest BCUT2D eigenvalue weighted by atomic mass is 9.92. The van der Waals surface area contributed by atoms with Crippen molar-refractivity contribution < 1.29 is 22.7 Å². The first-order valence-electron chi connectivity index (χ1n) is 13.2. The molecule has 0 bridgehead atoms. The van der Waals surface area contributed by atoms with Crippen LogP contribution in [0.2, 0.25) is 0 Å². The molecule has 2 atom stereocenters. The van der Waals surface area contributed by atoms with Gasteiger partial charge >= 0.3 is 6.18 Å². The van der Waals surface area contributed by atoms with Crippen LogP contribution in [-0.4, -0.2) is 54.7 Å². The van der Waals surface area contributed by atoms with Crippen LogP contribution in [0.5, 0.6) is 0 Å². The maximum atomic E-state index is 13.2. The van der Waals surface area contributed by atoms with Gasteiger partial charge in [0.2, 0.25) is 5.91 Å². The molecule has 0 spiro atoms. The van der Waals surface area contributed by atoms with E-state index >= 15 is 0 Å². The SMILES string of the molecule is Cc1ccc(N2CC(C)N(C(=O)COC3CCC(Nc4ccc(C)c(C(F)(F)F)c4)CC3)CC2C)cc1. The molecule has 37 heavy (non-hydrogen) atoms. The smallest absolute Gasteiger partial charge is 0.382 e. The summed E-state index contributed by atoms with van der Waals surface area (Å²) < 4.78 is 45.7. The van der Waals surface area contributed by atoms with E-state index in [1.54, 1.807) is 6.07 Å². The Bertz CT molecular complexity index is 1070. The Kier molecular flexibility index (Phi) is 8.36. The second kappa shape index (κ2) is 11.3. The highest BCUT2D eigenvalue weighted by atomic mass is 19.4. The highest BCUT2D eigenvalue weighted by molar-refractivity contribution is 5.78. The summed E-state index contributed by atoms with van der Waals surface area (Å²) in [7, 11) is 0. The number of hydrogen-bond donors (Lipinski definition) is 1. The Morgan fingerprint density at radius 1 is 0.973 bits per heavy atom. The highest BCUT2D eigenvalue weighted by Gasteiger charge is 2.34. The number of piperazine rings is 1. The number of alkyl halides is 3. The molecule has 1 aliphatic carbocycles. The van der Waals surface area contributed by atoms with Crippen molar-refractivity contribution in [1.82, 2.24) is 4.90 Å². The Morgan fingerprint density at radius 2 is 1.65 bits per heavy atom. The molecular formula is C29H38F3N3O2. The quantitative estimate of drug-likeness (QED) is 0.497. The zero-order valence-corrected chi connectivity index (χ0v) is 22.1. The molecule has 2 aromatic carbocycles. The first-order valence-corrected chi connectivity index (χ1v) is 13.2. The minimum absolute atomic E-state index is 0.00710. The van der Waals surface area contributed by atoms with E-state index in [9.17, 15) is 18.0 Å². The average Bonchev–Trinajstić information content (AvgIpc) is 2.85. The summed E-state index contributed by atoms with van der Waals surface area (Å²) in [6.07, 6.45) is -1.24. The second-order valence-corrected chi connectivity index (χ2v) is 10.7. The van der Waals surface area contributed by atoms with Crippen LogP contribution in [0, 0.1) is 13.8 Å². The van der Waals surface area contributed by atoms with Crippen molar-refractivity contribution in [3.8, 4) is 0 Å². The fourth-order valence-electron chi connectivity index (χ4n) is 5.47. The van der Waals surface area contributed by atoms with Gasteiger partial charge in [-0.1, -0.05) is 23.8 Å². The number of halogens is 3. The number of aryl methyl sites for hydroxylation is 2. The van der Waals surface area contributed by atoms with Gasteiger partial charge in [0.15, 0.2) is 0 Å². The van der Waals surface area contributed by atoms with Crippen LogP contribution < -0.4 is 10.2 Å². The number of nitrogens with zero attached hydrogens (tertiary/aromatic N) is 2. The number of anilines is 2. The van der Waals surface area contributed by atoms with Crippen LogP contribution in [0.15, 0.2) is 42.5 Å². The first kappa shape index (κ1) is 27.3. The Morgan fingerprint density at radius 3 is 2.30 bits per heavy atom. The third kappa shape index (κ3) is 6.78. The summed E-state index contributed by atoms with van der Waals surface area (Å²) >= 11 is 0. The molecule has 2 fully saturated rings. The van der Waals surface area contributed by atoms with E-state index in [0.717, 1.165) is 32.2 Å². The van der Waals surface area contributed by atoms with Gasteiger partial charge in [0.05, 0.1) is 11.7 Å². The summed E-state index contributed by atoms with van der Waals surface area (Å²) in [6.45, 7) is 9.28. The first-order chi connectivity index (χ1) is 17.5. The van der Waals surface area contributed by atoms with Crippen LogP contribution in [0.3, 0.4) is 0 Å². The lowest BCUT2D eigenvalue weighted by molar-refractivity contribution is -0.142. The molecule has 0 radical (unpaired) electrons. The summed E-state index contributed by atoms with van der Waals surface area (Å²) in [5.41, 5.74) is 2.52. The predicted molar refractivity (Wildman–Crippen MR) is 141 cm³/mol. The summed E-state index contributed by atoms with van der Waals surface area (Å²) in [5.74, 6) is 0.0162. The third-order valence-electron chi connectivity index (χ3n) is 7.70. The molecule has 1 saturated carbocycles. The topological polar surface area (TPSA) is 44.8 Å². The summed E-state index contributed by atoms with van der Waals surface area (Å²) in [6, 6.07) is 13.3. The van der Waals surface area contributed by atoms with E-state index in [4.69, 9.17) is 4.74 Å². The van der Waals surface area contributed by atoms with Gasteiger partial charge < -0.3 is 19.9 Å². The van der Waals surface area contributed by atoms with E-state index in [-0.39, 0.29) is 42.3 Å². The lowest BCUT2D eigenvalue weighted by Crippen LogP contribution is -2.59. The minimum Gasteiger partial charge on any atom is -0.382 e. The summed E-state index contributed by atoms with van der Waals surface area (Å²) in [4.78, 5) is 17.3. The number of benzene rings is 2. The van der Waals surface area contributed by atoms with Gasteiger partial charge in [-0.15, -0.1) is 0 Å². The molecule has 2 unspecified atom stereocenters. The van der Waals surface area contributed by atoms with Crippen molar-refractivity contribution in [2.75, 3.05) is 29.9 Å². The second-order valence-electron chi connectivity index (χ2n) is 10.7. The molecule has 1 heterocycles. The van der Waals surface area contributed by atoms with Crippen molar-refractivity contribution in [2.45, 2.75) is 83.8 Å². The van der Waals surface area contributed by atoms with Gasteiger partial charge in [0.1, 0.15) is 6.61 Å². The fourth-order valence-corrected chi connectivity index (χ4v) is 5.47. The maximum Gasteiger partial charge on any atom is 0.416 e. The zero-order valence-electron chi connectivity index (χ0n) is 22.1. The Hall–Kier alpha value is -2.74. The molecule has 1 N–H and O–H groups in total. The van der Waals surface area contributed by atoms with Gasteiger partial charge in [-0.05, 0) is 83.2 Å². The predicted octanol–water partition coefficient (Wildman–Crippen LogP) is 6.19. The number of carbonyl (C=O) groups is 1. The normalized spacial score (nSPS) is 24.7. The highest BCUT2D eigenvalue weighted by Crippen LogP contribution is 2.34. The van der Waals surface area contributed by atoms with Crippen molar-refractivity contribution >= 4 is 17.3 Å². The molecular weight excluding hydrogens is 479 g/mol. The van der Waals surface area contributed by atoms with E-state index in [0.29, 0.717) is 12.2 Å². The number of rotatable bonds is 6. The van der Waals surface area contributed by atoms with Crippen LogP contribution in [0.1, 0.15) is 56.2 Å².